The van der Waals surface area contributed by atoms with Crippen molar-refractivity contribution in [3.8, 4) is 11.4 Å². The van der Waals surface area contributed by atoms with Gasteiger partial charge in [-0.15, -0.1) is 0 Å². The van der Waals surface area contributed by atoms with E-state index >= 15 is 0 Å². The van der Waals surface area contributed by atoms with Crippen LogP contribution in [0.25, 0.3) is 16.7 Å². The lowest BCUT2D eigenvalue weighted by molar-refractivity contribution is -0.384. The van der Waals surface area contributed by atoms with Crippen LogP contribution in [-0.4, -0.2) is 32.4 Å². The summed E-state index contributed by atoms with van der Waals surface area (Å²) in [6, 6.07) is 14.6. The molecule has 2 aromatic carbocycles. The lowest BCUT2D eigenvalue weighted by atomic mass is 10.2. The fourth-order valence-corrected chi connectivity index (χ4v) is 3.89. The van der Waals surface area contributed by atoms with E-state index in [-0.39, 0.29) is 5.69 Å². The number of hydrazone groups is 1. The molecule has 0 amide bonds. The first-order valence-corrected chi connectivity index (χ1v) is 10.2. The molecule has 9 nitrogen and oxygen atoms in total. The van der Waals surface area contributed by atoms with Crippen LogP contribution in [0.4, 0.5) is 11.6 Å². The Bertz CT molecular complexity index is 1340. The van der Waals surface area contributed by atoms with Gasteiger partial charge in [-0.2, -0.15) is 5.10 Å². The Balaban J connectivity index is 1.65. The van der Waals surface area contributed by atoms with E-state index in [0.29, 0.717) is 11.7 Å². The number of fused-ring (bicyclic) bond motifs is 1. The van der Waals surface area contributed by atoms with Crippen LogP contribution in [0.2, 0.25) is 0 Å². The number of hydrogen-bond acceptors (Lipinski definition) is 6. The normalized spacial score (nSPS) is 11.4. The van der Waals surface area contributed by atoms with Gasteiger partial charge in [0.05, 0.1) is 41.0 Å². The van der Waals surface area contributed by atoms with Gasteiger partial charge in [-0.25, -0.2) is 10.4 Å². The second-order valence-corrected chi connectivity index (χ2v) is 7.31. The van der Waals surface area contributed by atoms with Gasteiger partial charge in [0, 0.05) is 29.6 Å². The van der Waals surface area contributed by atoms with Crippen molar-refractivity contribution in [3.63, 3.8) is 0 Å². The Labute approximate surface area is 185 Å². The van der Waals surface area contributed by atoms with Gasteiger partial charge >= 0.3 is 0 Å². The highest BCUT2D eigenvalue weighted by Gasteiger charge is 2.17. The largest absolute Gasteiger partial charge is 0.494 e. The Hall–Kier alpha value is -4.14. The predicted octanol–water partition coefficient (Wildman–Crippen LogP) is 4.83. The van der Waals surface area contributed by atoms with E-state index < -0.39 is 4.92 Å². The van der Waals surface area contributed by atoms with Crippen molar-refractivity contribution in [1.29, 1.82) is 0 Å². The van der Waals surface area contributed by atoms with Gasteiger partial charge in [0.15, 0.2) is 0 Å². The molecule has 0 bridgehead atoms. The number of aryl methyl sites for hydroxylation is 2. The SMILES string of the molecule is CCn1c(N/N=C\c2cc(C)n(-c3ccc([N+](=O)[O-])cc3OC)c2C)nc2ccccc21. The highest BCUT2D eigenvalue weighted by Crippen LogP contribution is 2.31. The molecule has 0 saturated heterocycles. The molecule has 0 aliphatic heterocycles. The number of hydrogen-bond donors (Lipinski definition) is 1. The van der Waals surface area contributed by atoms with Crippen LogP contribution in [0.5, 0.6) is 5.75 Å². The first-order valence-electron chi connectivity index (χ1n) is 10.2. The highest BCUT2D eigenvalue weighted by molar-refractivity contribution is 5.83. The molecule has 0 saturated carbocycles. The molecule has 0 radical (unpaired) electrons. The zero-order chi connectivity index (χ0) is 22.8. The molecule has 4 aromatic rings. The smallest absolute Gasteiger partial charge is 0.273 e. The number of rotatable bonds is 7. The molecule has 4 rings (SSSR count). The number of non-ortho nitro benzene ring substituents is 1. The van der Waals surface area contributed by atoms with Crippen molar-refractivity contribution in [3.05, 3.63) is 75.6 Å². The summed E-state index contributed by atoms with van der Waals surface area (Å²) in [7, 11) is 1.50. The average Bonchev–Trinajstić information content (AvgIpc) is 3.29. The summed E-state index contributed by atoms with van der Waals surface area (Å²) in [6.45, 7) is 6.77. The minimum atomic E-state index is -0.435. The lowest BCUT2D eigenvalue weighted by Crippen LogP contribution is -2.04. The fraction of sp³-hybridized carbons (Fsp3) is 0.217. The van der Waals surface area contributed by atoms with Crippen molar-refractivity contribution < 1.29 is 9.66 Å². The molecule has 32 heavy (non-hydrogen) atoms. The van der Waals surface area contributed by atoms with Gasteiger partial charge in [-0.3, -0.25) is 10.1 Å². The number of nitro benzene ring substituents is 1. The van der Waals surface area contributed by atoms with Crippen LogP contribution in [0, 0.1) is 24.0 Å². The maximum absolute atomic E-state index is 11.1. The molecule has 2 aromatic heterocycles. The molecule has 164 valence electrons. The maximum Gasteiger partial charge on any atom is 0.273 e. The number of ether oxygens (including phenoxy) is 1. The van der Waals surface area contributed by atoms with E-state index in [2.05, 4.69) is 27.0 Å². The summed E-state index contributed by atoms with van der Waals surface area (Å²) in [5, 5.41) is 15.5. The minimum absolute atomic E-state index is 0.0159. The van der Waals surface area contributed by atoms with Crippen LogP contribution in [0.15, 0.2) is 53.6 Å². The zero-order valence-electron chi connectivity index (χ0n) is 18.4. The van der Waals surface area contributed by atoms with Crippen molar-refractivity contribution in [2.24, 2.45) is 5.10 Å². The second kappa shape index (κ2) is 8.54. The van der Waals surface area contributed by atoms with Gasteiger partial charge in [-0.1, -0.05) is 12.1 Å². The van der Waals surface area contributed by atoms with Crippen molar-refractivity contribution in [1.82, 2.24) is 14.1 Å². The van der Waals surface area contributed by atoms with Crippen molar-refractivity contribution in [2.45, 2.75) is 27.3 Å². The number of benzene rings is 2. The topological polar surface area (TPSA) is 99.5 Å². The average molecular weight is 432 g/mol. The van der Waals surface area contributed by atoms with Crippen LogP contribution >= 0.6 is 0 Å². The van der Waals surface area contributed by atoms with Gasteiger partial charge in [0.1, 0.15) is 5.75 Å². The molecule has 0 aliphatic carbocycles. The molecule has 0 aliphatic rings. The predicted molar refractivity (Wildman–Crippen MR) is 125 cm³/mol. The molecular formula is C23H24N6O3. The summed E-state index contributed by atoms with van der Waals surface area (Å²) in [5.41, 5.74) is 8.53. The Morgan fingerprint density at radius 1 is 1.22 bits per heavy atom. The number of nitrogens with zero attached hydrogens (tertiary/aromatic N) is 5. The molecule has 0 fully saturated rings. The number of nitro groups is 1. The third-order valence-electron chi connectivity index (χ3n) is 5.42. The number of para-hydroxylation sites is 2. The quantitative estimate of drug-likeness (QED) is 0.256. The van der Waals surface area contributed by atoms with E-state index in [1.54, 1.807) is 12.3 Å². The molecule has 0 unspecified atom stereocenters. The second-order valence-electron chi connectivity index (χ2n) is 7.31. The monoisotopic (exact) mass is 432 g/mol. The number of anilines is 1. The molecule has 0 atom stereocenters. The number of methoxy groups -OCH3 is 1. The molecular weight excluding hydrogens is 408 g/mol. The molecule has 1 N–H and O–H groups in total. The van der Waals surface area contributed by atoms with Gasteiger partial charge < -0.3 is 13.9 Å². The molecule has 0 spiro atoms. The summed E-state index contributed by atoms with van der Waals surface area (Å²) in [6.07, 6.45) is 1.75. The Morgan fingerprint density at radius 2 is 2.00 bits per heavy atom. The third kappa shape index (κ3) is 3.68. The van der Waals surface area contributed by atoms with Crippen LogP contribution < -0.4 is 10.2 Å². The summed E-state index contributed by atoms with van der Waals surface area (Å²) in [4.78, 5) is 15.3. The van der Waals surface area contributed by atoms with E-state index in [1.165, 1.54) is 19.2 Å². The minimum Gasteiger partial charge on any atom is -0.494 e. The van der Waals surface area contributed by atoms with E-state index in [0.717, 1.165) is 40.2 Å². The maximum atomic E-state index is 11.1. The highest BCUT2D eigenvalue weighted by atomic mass is 16.6. The van der Waals surface area contributed by atoms with Crippen LogP contribution in [0.1, 0.15) is 23.9 Å². The van der Waals surface area contributed by atoms with Crippen molar-refractivity contribution in [2.75, 3.05) is 12.5 Å². The van der Waals surface area contributed by atoms with Crippen molar-refractivity contribution >= 4 is 28.9 Å². The summed E-state index contributed by atoms with van der Waals surface area (Å²) < 4.78 is 9.48. The van der Waals surface area contributed by atoms with E-state index in [4.69, 9.17) is 4.74 Å². The van der Waals surface area contributed by atoms with E-state index in [1.807, 2.05) is 48.7 Å². The van der Waals surface area contributed by atoms with Gasteiger partial charge in [0.25, 0.3) is 5.69 Å². The Kier molecular flexibility index (Phi) is 5.63. The van der Waals surface area contributed by atoms with Crippen LogP contribution in [-0.2, 0) is 6.54 Å². The van der Waals surface area contributed by atoms with Gasteiger partial charge in [-0.05, 0) is 45.0 Å². The number of imidazole rings is 1. The third-order valence-corrected chi connectivity index (χ3v) is 5.42. The molecule has 2 heterocycles. The molecule has 9 heteroatoms. The first-order chi connectivity index (χ1) is 15.4. The number of aromatic nitrogens is 3. The summed E-state index contributed by atoms with van der Waals surface area (Å²) >= 11 is 0. The lowest BCUT2D eigenvalue weighted by Gasteiger charge is -2.13. The van der Waals surface area contributed by atoms with Crippen LogP contribution in [0.3, 0.4) is 0 Å². The first kappa shape index (κ1) is 21.1. The standard InChI is InChI=1S/C23H24N6O3/c1-5-27-20-9-7-6-8-19(20)25-23(27)26-24-14-17-12-15(2)28(16(17)3)21-11-10-18(29(30)31)13-22(21)32-4/h6-14H,5H2,1-4H3,(H,25,26)/b24-14-. The summed E-state index contributed by atoms with van der Waals surface area (Å²) in [5.74, 6) is 1.11. The Morgan fingerprint density at radius 3 is 2.72 bits per heavy atom. The fourth-order valence-electron chi connectivity index (χ4n) is 3.89. The van der Waals surface area contributed by atoms with Gasteiger partial charge in [0.2, 0.25) is 5.95 Å². The van der Waals surface area contributed by atoms with E-state index in [9.17, 15) is 10.1 Å². The zero-order valence-corrected chi connectivity index (χ0v) is 18.4. The number of nitrogens with one attached hydrogen (secondary N) is 1.